The summed E-state index contributed by atoms with van der Waals surface area (Å²) in [5.74, 6) is 0.488. The maximum absolute atomic E-state index is 11.7. The van der Waals surface area contributed by atoms with Crippen LogP contribution in [0.15, 0.2) is 29.2 Å². The summed E-state index contributed by atoms with van der Waals surface area (Å²) in [6, 6.07) is 6.82. The zero-order valence-electron chi connectivity index (χ0n) is 10.5. The van der Waals surface area contributed by atoms with Crippen LogP contribution < -0.4 is 5.32 Å². The predicted molar refractivity (Wildman–Crippen MR) is 74.2 cm³/mol. The molecule has 1 N–H and O–H groups in total. The van der Waals surface area contributed by atoms with Gasteiger partial charge >= 0.3 is 0 Å². The Morgan fingerprint density at radius 1 is 1.39 bits per heavy atom. The molecule has 1 aromatic rings. The Kier molecular flexibility index (Phi) is 5.91. The Morgan fingerprint density at radius 3 is 2.61 bits per heavy atom. The molecule has 4 nitrogen and oxygen atoms in total. The summed E-state index contributed by atoms with van der Waals surface area (Å²) in [6.07, 6.45) is 1.90. The summed E-state index contributed by atoms with van der Waals surface area (Å²) in [6.45, 7) is 0.477. The topological polar surface area (TPSA) is 55.4 Å². The second-order valence-corrected chi connectivity index (χ2v) is 6.40. The zero-order valence-corrected chi connectivity index (χ0v) is 12.1. The number of benzene rings is 1. The minimum atomic E-state index is -3.25. The third-order valence-electron chi connectivity index (χ3n) is 2.47. The van der Waals surface area contributed by atoms with Gasteiger partial charge in [0.2, 0.25) is 0 Å². The first kappa shape index (κ1) is 15.3. The van der Waals surface area contributed by atoms with Crippen LogP contribution in [0.5, 0.6) is 0 Å². The molecule has 0 aliphatic heterocycles. The molecule has 1 rings (SSSR count). The summed E-state index contributed by atoms with van der Waals surface area (Å²) >= 11 is 5.71. The quantitative estimate of drug-likeness (QED) is 0.782. The van der Waals surface area contributed by atoms with Gasteiger partial charge < -0.3 is 10.1 Å². The summed E-state index contributed by atoms with van der Waals surface area (Å²) in [5, 5.41) is 3.17. The molecule has 0 bridgehead atoms. The summed E-state index contributed by atoms with van der Waals surface area (Å²) in [7, 11) is -1.64. The van der Waals surface area contributed by atoms with Crippen LogP contribution in [0.3, 0.4) is 0 Å². The predicted octanol–water partition coefficient (Wildman–Crippen LogP) is 2.15. The van der Waals surface area contributed by atoms with E-state index in [2.05, 4.69) is 5.32 Å². The molecule has 0 radical (unpaired) electrons. The molecule has 1 aromatic carbocycles. The van der Waals surface area contributed by atoms with E-state index in [1.165, 1.54) is 6.26 Å². The van der Waals surface area contributed by atoms with Gasteiger partial charge in [0.15, 0.2) is 9.84 Å². The monoisotopic (exact) mass is 291 g/mol. The van der Waals surface area contributed by atoms with Crippen molar-refractivity contribution >= 4 is 27.1 Å². The fourth-order valence-corrected chi connectivity index (χ4v) is 2.77. The molecule has 0 fully saturated rings. The molecular weight excluding hydrogens is 274 g/mol. The molecule has 1 unspecified atom stereocenters. The highest BCUT2D eigenvalue weighted by molar-refractivity contribution is 7.90. The number of rotatable bonds is 7. The molecule has 0 heterocycles. The summed E-state index contributed by atoms with van der Waals surface area (Å²) < 4.78 is 28.4. The number of nitrogens with one attached hydrogen (secondary N) is 1. The molecule has 6 heteroatoms. The molecule has 0 aromatic heterocycles. The first-order valence-corrected chi connectivity index (χ1v) is 8.02. The molecule has 102 valence electrons. The van der Waals surface area contributed by atoms with Crippen molar-refractivity contribution in [2.24, 2.45) is 0 Å². The second kappa shape index (κ2) is 6.97. The Hall–Kier alpha value is -0.780. The molecule has 0 amide bonds. The van der Waals surface area contributed by atoms with Crippen molar-refractivity contribution < 1.29 is 13.2 Å². The normalized spacial score (nSPS) is 13.3. The zero-order chi connectivity index (χ0) is 13.6. The minimum Gasteiger partial charge on any atom is -0.383 e. The van der Waals surface area contributed by atoms with E-state index in [1.54, 1.807) is 31.4 Å². The molecule has 0 spiro atoms. The minimum absolute atomic E-state index is 0.00426. The van der Waals surface area contributed by atoms with Crippen molar-refractivity contribution in [2.45, 2.75) is 17.4 Å². The number of halogens is 1. The molecule has 0 aliphatic carbocycles. The van der Waals surface area contributed by atoms with Crippen LogP contribution in [0.2, 0.25) is 0 Å². The van der Waals surface area contributed by atoms with E-state index in [9.17, 15) is 8.42 Å². The van der Waals surface area contributed by atoms with Crippen molar-refractivity contribution in [3.63, 3.8) is 0 Å². The SMILES string of the molecule is COCC(CCCl)Nc1ccccc1S(C)(=O)=O. The fraction of sp³-hybridized carbons (Fsp3) is 0.500. The molecule has 0 saturated carbocycles. The van der Waals surface area contributed by atoms with Crippen LogP contribution in [-0.4, -0.2) is 40.3 Å². The number of sulfone groups is 1. The van der Waals surface area contributed by atoms with E-state index in [1.807, 2.05) is 0 Å². The highest BCUT2D eigenvalue weighted by Gasteiger charge is 2.15. The number of alkyl halides is 1. The second-order valence-electron chi connectivity index (χ2n) is 4.04. The van der Waals surface area contributed by atoms with Gasteiger partial charge in [-0.2, -0.15) is 0 Å². The van der Waals surface area contributed by atoms with Gasteiger partial charge in [-0.05, 0) is 18.6 Å². The lowest BCUT2D eigenvalue weighted by Gasteiger charge is -2.19. The average Bonchev–Trinajstić information content (AvgIpc) is 2.29. The maximum Gasteiger partial charge on any atom is 0.177 e. The Labute approximate surface area is 113 Å². The van der Waals surface area contributed by atoms with Crippen LogP contribution in [0, 0.1) is 0 Å². The van der Waals surface area contributed by atoms with Gasteiger partial charge in [0.05, 0.1) is 23.2 Å². The number of methoxy groups -OCH3 is 1. The van der Waals surface area contributed by atoms with Crippen molar-refractivity contribution in [2.75, 3.05) is 31.2 Å². The lowest BCUT2D eigenvalue weighted by Crippen LogP contribution is -2.26. The standard InChI is InChI=1S/C12H18ClNO3S/c1-17-9-10(7-8-13)14-11-5-3-4-6-12(11)18(2,15)16/h3-6,10,14H,7-9H2,1-2H3. The highest BCUT2D eigenvalue weighted by atomic mass is 35.5. The number of para-hydroxylation sites is 1. The Balaban J connectivity index is 2.95. The number of hydrogen-bond acceptors (Lipinski definition) is 4. The van der Waals surface area contributed by atoms with Gasteiger partial charge in [0, 0.05) is 19.2 Å². The Bertz CT molecular complexity index is 470. The van der Waals surface area contributed by atoms with Crippen molar-refractivity contribution in [1.82, 2.24) is 0 Å². The highest BCUT2D eigenvalue weighted by Crippen LogP contribution is 2.22. The number of ether oxygens (including phenoxy) is 1. The third kappa shape index (κ3) is 4.48. The largest absolute Gasteiger partial charge is 0.383 e. The number of hydrogen-bond donors (Lipinski definition) is 1. The van der Waals surface area contributed by atoms with Gasteiger partial charge in [-0.25, -0.2) is 8.42 Å². The molecule has 0 aliphatic rings. The number of anilines is 1. The fourth-order valence-electron chi connectivity index (χ4n) is 1.66. The lowest BCUT2D eigenvalue weighted by atomic mass is 10.2. The van der Waals surface area contributed by atoms with Crippen LogP contribution >= 0.6 is 11.6 Å². The van der Waals surface area contributed by atoms with Gasteiger partial charge in [-0.3, -0.25) is 0 Å². The van der Waals surface area contributed by atoms with Crippen molar-refractivity contribution in [3.8, 4) is 0 Å². The summed E-state index contributed by atoms with van der Waals surface area (Å²) in [4.78, 5) is 0.292. The first-order chi connectivity index (χ1) is 8.49. The van der Waals surface area contributed by atoms with Gasteiger partial charge in [0.1, 0.15) is 0 Å². The van der Waals surface area contributed by atoms with E-state index < -0.39 is 9.84 Å². The van der Waals surface area contributed by atoms with E-state index in [4.69, 9.17) is 16.3 Å². The smallest absolute Gasteiger partial charge is 0.177 e. The van der Waals surface area contributed by atoms with E-state index in [0.29, 0.717) is 29.5 Å². The molecular formula is C12H18ClNO3S. The average molecular weight is 292 g/mol. The molecule has 0 saturated heterocycles. The molecule has 1 atom stereocenters. The van der Waals surface area contributed by atoms with Gasteiger partial charge in [-0.15, -0.1) is 11.6 Å². The maximum atomic E-state index is 11.7. The summed E-state index contributed by atoms with van der Waals surface area (Å²) in [5.41, 5.74) is 0.590. The van der Waals surface area contributed by atoms with Crippen LogP contribution in [0.25, 0.3) is 0 Å². The van der Waals surface area contributed by atoms with Crippen LogP contribution in [0.4, 0.5) is 5.69 Å². The lowest BCUT2D eigenvalue weighted by molar-refractivity contribution is 0.184. The first-order valence-electron chi connectivity index (χ1n) is 5.59. The Morgan fingerprint density at radius 2 is 2.06 bits per heavy atom. The molecule has 18 heavy (non-hydrogen) atoms. The third-order valence-corrected chi connectivity index (χ3v) is 3.84. The van der Waals surface area contributed by atoms with E-state index >= 15 is 0 Å². The van der Waals surface area contributed by atoms with Crippen molar-refractivity contribution in [1.29, 1.82) is 0 Å². The van der Waals surface area contributed by atoms with E-state index in [0.717, 1.165) is 0 Å². The van der Waals surface area contributed by atoms with Crippen molar-refractivity contribution in [3.05, 3.63) is 24.3 Å². The van der Waals surface area contributed by atoms with E-state index in [-0.39, 0.29) is 6.04 Å². The van der Waals surface area contributed by atoms with Gasteiger partial charge in [-0.1, -0.05) is 12.1 Å². The van der Waals surface area contributed by atoms with Crippen LogP contribution in [0.1, 0.15) is 6.42 Å². The van der Waals surface area contributed by atoms with Crippen LogP contribution in [-0.2, 0) is 14.6 Å². The van der Waals surface area contributed by atoms with Gasteiger partial charge in [0.25, 0.3) is 0 Å².